The highest BCUT2D eigenvalue weighted by molar-refractivity contribution is 6.02. The molecule has 2 aliphatic heterocycles. The predicted molar refractivity (Wildman–Crippen MR) is 111 cm³/mol. The van der Waals surface area contributed by atoms with Crippen LogP contribution in [0.15, 0.2) is 47.4 Å². The summed E-state index contributed by atoms with van der Waals surface area (Å²) in [4.78, 5) is 58.2. The maximum Gasteiger partial charge on any atom is 0.413 e. The third-order valence-electron chi connectivity index (χ3n) is 5.72. The number of rotatable bonds is 6. The summed E-state index contributed by atoms with van der Waals surface area (Å²) in [7, 11) is 0. The van der Waals surface area contributed by atoms with Crippen molar-refractivity contribution in [2.24, 2.45) is 0 Å². The zero-order valence-corrected chi connectivity index (χ0v) is 17.6. The molecule has 3 atom stereocenters. The molecule has 0 bridgehead atoms. The minimum atomic E-state index is -0.841. The van der Waals surface area contributed by atoms with Gasteiger partial charge in [-0.3, -0.25) is 19.4 Å². The number of hydrogen-bond donors (Lipinski definition) is 1. The lowest BCUT2D eigenvalue weighted by molar-refractivity contribution is -0.138. The molecule has 2 aromatic heterocycles. The summed E-state index contributed by atoms with van der Waals surface area (Å²) in [6.07, 6.45) is 4.89. The molecule has 0 saturated carbocycles. The summed E-state index contributed by atoms with van der Waals surface area (Å²) >= 11 is 0. The average Bonchev–Trinajstić information content (AvgIpc) is 3.52. The molecule has 0 aromatic carbocycles. The number of aromatic nitrogens is 1. The van der Waals surface area contributed by atoms with Crippen molar-refractivity contribution >= 4 is 23.7 Å². The molecule has 3 unspecified atom stereocenters. The summed E-state index contributed by atoms with van der Waals surface area (Å²) in [5, 5.41) is 2.59. The Labute approximate surface area is 184 Å². The molecule has 32 heavy (non-hydrogen) atoms. The van der Waals surface area contributed by atoms with E-state index in [-0.39, 0.29) is 35.6 Å². The fraction of sp³-hybridized carbons (Fsp3) is 0.409. The van der Waals surface area contributed by atoms with Crippen molar-refractivity contribution in [1.82, 2.24) is 20.1 Å². The summed E-state index contributed by atoms with van der Waals surface area (Å²) in [5.74, 6) is -0.654. The number of ether oxygens (including phenoxy) is 1. The van der Waals surface area contributed by atoms with Crippen LogP contribution >= 0.6 is 0 Å². The van der Waals surface area contributed by atoms with Crippen molar-refractivity contribution in [3.8, 4) is 5.75 Å². The molecular formula is C22H24N4O6. The van der Waals surface area contributed by atoms with Gasteiger partial charge in [0.15, 0.2) is 11.5 Å². The highest BCUT2D eigenvalue weighted by Gasteiger charge is 2.52. The Hall–Kier alpha value is -3.69. The van der Waals surface area contributed by atoms with E-state index in [1.165, 1.54) is 34.6 Å². The van der Waals surface area contributed by atoms with Crippen molar-refractivity contribution in [1.29, 1.82) is 0 Å². The third-order valence-corrected chi connectivity index (χ3v) is 5.72. The SMILES string of the molecule is CCCC(NC(=O)Oc1ccoc1)C(=O)N1CCC2C1C(=O)CN2C(=O)c1ccccn1. The molecule has 1 N–H and O–H groups in total. The fourth-order valence-electron chi connectivity index (χ4n) is 4.31. The van der Waals surface area contributed by atoms with E-state index in [9.17, 15) is 19.2 Å². The number of nitrogens with one attached hydrogen (secondary N) is 1. The van der Waals surface area contributed by atoms with Crippen LogP contribution in [0, 0.1) is 0 Å². The molecule has 0 spiro atoms. The van der Waals surface area contributed by atoms with Gasteiger partial charge in [0.05, 0.1) is 18.8 Å². The van der Waals surface area contributed by atoms with Crippen molar-refractivity contribution in [3.05, 3.63) is 48.7 Å². The molecule has 0 radical (unpaired) electrons. The first kappa shape index (κ1) is 21.5. The zero-order chi connectivity index (χ0) is 22.7. The van der Waals surface area contributed by atoms with Crippen LogP contribution in [-0.2, 0) is 9.59 Å². The second-order valence-electron chi connectivity index (χ2n) is 7.78. The number of carbonyl (C=O) groups excluding carboxylic acids is 4. The Morgan fingerprint density at radius 2 is 2.12 bits per heavy atom. The lowest BCUT2D eigenvalue weighted by Gasteiger charge is -2.28. The lowest BCUT2D eigenvalue weighted by Crippen LogP contribution is -2.53. The molecule has 168 valence electrons. The second kappa shape index (κ2) is 9.21. The van der Waals surface area contributed by atoms with Gasteiger partial charge in [-0.25, -0.2) is 4.79 Å². The molecule has 4 rings (SSSR count). The van der Waals surface area contributed by atoms with Gasteiger partial charge >= 0.3 is 6.09 Å². The Kier molecular flexibility index (Phi) is 6.20. The molecule has 0 aliphatic carbocycles. The third kappa shape index (κ3) is 4.20. The second-order valence-corrected chi connectivity index (χ2v) is 7.78. The van der Waals surface area contributed by atoms with Gasteiger partial charge in [0.2, 0.25) is 5.91 Å². The Morgan fingerprint density at radius 1 is 1.28 bits per heavy atom. The van der Waals surface area contributed by atoms with E-state index in [2.05, 4.69) is 10.3 Å². The van der Waals surface area contributed by atoms with Gasteiger partial charge in [-0.05, 0) is 25.0 Å². The maximum absolute atomic E-state index is 13.3. The van der Waals surface area contributed by atoms with Crippen LogP contribution in [-0.4, -0.2) is 69.7 Å². The summed E-state index contributed by atoms with van der Waals surface area (Å²) in [6, 6.07) is 4.54. The van der Waals surface area contributed by atoms with Crippen LogP contribution in [0.1, 0.15) is 36.7 Å². The van der Waals surface area contributed by atoms with Gasteiger partial charge in [-0.1, -0.05) is 19.4 Å². The quantitative estimate of drug-likeness (QED) is 0.724. The molecule has 10 heteroatoms. The van der Waals surface area contributed by atoms with Gasteiger partial charge in [-0.2, -0.15) is 0 Å². The van der Waals surface area contributed by atoms with E-state index < -0.39 is 24.2 Å². The first-order valence-corrected chi connectivity index (χ1v) is 10.5. The predicted octanol–water partition coefficient (Wildman–Crippen LogP) is 1.63. The number of nitrogens with zero attached hydrogens (tertiary/aromatic N) is 3. The number of Topliss-reactive ketones (excluding diaryl/α,β-unsaturated/α-hetero) is 1. The minimum absolute atomic E-state index is 0.0665. The van der Waals surface area contributed by atoms with E-state index in [1.807, 2.05) is 6.92 Å². The fourth-order valence-corrected chi connectivity index (χ4v) is 4.31. The number of carbonyl (C=O) groups is 4. The van der Waals surface area contributed by atoms with Crippen LogP contribution < -0.4 is 10.1 Å². The first-order chi connectivity index (χ1) is 15.5. The topological polar surface area (TPSA) is 122 Å². The highest BCUT2D eigenvalue weighted by Crippen LogP contribution is 2.31. The van der Waals surface area contributed by atoms with Gasteiger partial charge in [0, 0.05) is 18.8 Å². The van der Waals surface area contributed by atoms with Gasteiger partial charge in [0.1, 0.15) is 24.0 Å². The van der Waals surface area contributed by atoms with E-state index >= 15 is 0 Å². The molecule has 2 aliphatic rings. The van der Waals surface area contributed by atoms with Crippen LogP contribution in [0.2, 0.25) is 0 Å². The molecule has 3 amide bonds. The number of hydrogen-bond acceptors (Lipinski definition) is 7. The van der Waals surface area contributed by atoms with E-state index in [0.29, 0.717) is 25.8 Å². The highest BCUT2D eigenvalue weighted by atomic mass is 16.6. The van der Waals surface area contributed by atoms with Crippen molar-refractivity contribution in [3.63, 3.8) is 0 Å². The van der Waals surface area contributed by atoms with Crippen LogP contribution in [0.4, 0.5) is 4.79 Å². The number of amides is 3. The number of ketones is 1. The van der Waals surface area contributed by atoms with Crippen LogP contribution in [0.5, 0.6) is 5.75 Å². The summed E-state index contributed by atoms with van der Waals surface area (Å²) in [5.41, 5.74) is 0.262. The Morgan fingerprint density at radius 3 is 2.81 bits per heavy atom. The standard InChI is InChI=1S/C22H24N4O6/c1-2-5-16(24-22(30)32-14-8-11-31-13-14)21(29)25-10-7-17-19(25)18(27)12-26(17)20(28)15-6-3-4-9-23-15/h3-4,6,8-9,11,13,16-17,19H,2,5,7,10,12H2,1H3,(H,24,30). The molecule has 2 saturated heterocycles. The first-order valence-electron chi connectivity index (χ1n) is 10.5. The van der Waals surface area contributed by atoms with E-state index in [4.69, 9.17) is 9.15 Å². The maximum atomic E-state index is 13.3. The normalized spacial score (nSPS) is 20.7. The van der Waals surface area contributed by atoms with Gasteiger partial charge in [-0.15, -0.1) is 0 Å². The van der Waals surface area contributed by atoms with E-state index in [1.54, 1.807) is 18.2 Å². The monoisotopic (exact) mass is 440 g/mol. The van der Waals surface area contributed by atoms with Crippen LogP contribution in [0.25, 0.3) is 0 Å². The molecule has 2 aromatic rings. The van der Waals surface area contributed by atoms with Crippen molar-refractivity contribution in [2.45, 2.75) is 44.3 Å². The van der Waals surface area contributed by atoms with Crippen molar-refractivity contribution in [2.75, 3.05) is 13.1 Å². The summed E-state index contributed by atoms with van der Waals surface area (Å²) in [6.45, 7) is 2.15. The molecule has 4 heterocycles. The zero-order valence-electron chi connectivity index (χ0n) is 17.6. The largest absolute Gasteiger partial charge is 0.469 e. The van der Waals surface area contributed by atoms with Gasteiger partial charge in [0.25, 0.3) is 5.91 Å². The minimum Gasteiger partial charge on any atom is -0.469 e. The number of likely N-dealkylation sites (tertiary alicyclic amines) is 2. The summed E-state index contributed by atoms with van der Waals surface area (Å²) < 4.78 is 9.97. The average molecular weight is 440 g/mol. The number of furan rings is 1. The van der Waals surface area contributed by atoms with Crippen molar-refractivity contribution < 1.29 is 28.3 Å². The molecule has 2 fully saturated rings. The lowest BCUT2D eigenvalue weighted by atomic mass is 10.1. The Bertz CT molecular complexity index is 993. The Balaban J connectivity index is 1.45. The van der Waals surface area contributed by atoms with Gasteiger partial charge < -0.3 is 24.3 Å². The number of fused-ring (bicyclic) bond motifs is 1. The molecule has 10 nitrogen and oxygen atoms in total. The number of pyridine rings is 1. The smallest absolute Gasteiger partial charge is 0.413 e. The van der Waals surface area contributed by atoms with E-state index in [0.717, 1.165) is 0 Å². The molecular weight excluding hydrogens is 416 g/mol. The van der Waals surface area contributed by atoms with Crippen LogP contribution in [0.3, 0.4) is 0 Å².